The summed E-state index contributed by atoms with van der Waals surface area (Å²) in [5, 5.41) is 0. The molecule has 0 aromatic heterocycles. The van der Waals surface area contributed by atoms with Crippen molar-refractivity contribution in [3.8, 4) is 5.75 Å². The lowest BCUT2D eigenvalue weighted by atomic mass is 10.2. The number of hydrogen-bond donors (Lipinski definition) is 0. The van der Waals surface area contributed by atoms with Crippen LogP contribution >= 0.6 is 0 Å². The largest absolute Gasteiger partial charge is 0.490 e. The van der Waals surface area contributed by atoms with Crippen LogP contribution in [-0.4, -0.2) is 54.4 Å². The van der Waals surface area contributed by atoms with Crippen LogP contribution in [0.25, 0.3) is 0 Å². The quantitative estimate of drug-likeness (QED) is 0.587. The number of nitrogens with zero attached hydrogens (tertiary/aromatic N) is 2. The Labute approximate surface area is 123 Å². The normalized spacial score (nSPS) is 15.5. The molecule has 1 saturated heterocycles. The zero-order valence-electron chi connectivity index (χ0n) is 12.0. The van der Waals surface area contributed by atoms with Crippen molar-refractivity contribution >= 4 is 11.8 Å². The smallest absolute Gasteiger partial charge is 0.312 e. The summed E-state index contributed by atoms with van der Waals surface area (Å²) < 4.78 is 18.7. The maximum atomic E-state index is 13.3. The van der Waals surface area contributed by atoms with Crippen molar-refractivity contribution in [1.82, 2.24) is 9.80 Å². The van der Waals surface area contributed by atoms with Gasteiger partial charge in [0, 0.05) is 26.2 Å². The van der Waals surface area contributed by atoms with E-state index in [4.69, 9.17) is 4.74 Å². The second kappa shape index (κ2) is 7.06. The topological polar surface area (TPSA) is 49.9 Å². The number of benzene rings is 1. The van der Waals surface area contributed by atoms with Gasteiger partial charge in [0.25, 0.3) is 0 Å². The third-order valence-electron chi connectivity index (χ3n) is 3.45. The lowest BCUT2D eigenvalue weighted by Crippen LogP contribution is -2.54. The molecule has 0 N–H and O–H groups in total. The molecule has 5 nitrogen and oxygen atoms in total. The summed E-state index contributed by atoms with van der Waals surface area (Å²) in [6.07, 6.45) is 0.555. The van der Waals surface area contributed by atoms with Gasteiger partial charge in [-0.25, -0.2) is 4.39 Å². The molecule has 0 bridgehead atoms. The Hall–Kier alpha value is -2.11. The van der Waals surface area contributed by atoms with Crippen molar-refractivity contribution in [3.63, 3.8) is 0 Å². The number of rotatable bonds is 6. The number of piperazine rings is 1. The molecule has 1 aliphatic heterocycles. The summed E-state index contributed by atoms with van der Waals surface area (Å²) in [6, 6.07) is 6.19. The molecule has 0 aliphatic carbocycles. The highest BCUT2D eigenvalue weighted by Gasteiger charge is 2.30. The monoisotopic (exact) mass is 294 g/mol. The number of amides is 2. The van der Waals surface area contributed by atoms with Gasteiger partial charge in [-0.05, 0) is 25.5 Å². The number of likely N-dealkylation sites (N-methyl/N-ethyl adjacent to an activating group) is 1. The van der Waals surface area contributed by atoms with E-state index < -0.39 is 17.6 Å². The van der Waals surface area contributed by atoms with Gasteiger partial charge in [-0.3, -0.25) is 9.59 Å². The molecule has 0 atom stereocenters. The average Bonchev–Trinajstić information content (AvgIpc) is 2.49. The highest BCUT2D eigenvalue weighted by Crippen LogP contribution is 2.15. The molecule has 2 amide bonds. The first-order valence-corrected chi connectivity index (χ1v) is 7.09. The molecule has 1 aromatic carbocycles. The van der Waals surface area contributed by atoms with E-state index in [9.17, 15) is 14.0 Å². The summed E-state index contributed by atoms with van der Waals surface area (Å²) in [4.78, 5) is 26.6. The van der Waals surface area contributed by atoms with Gasteiger partial charge in [-0.15, -0.1) is 0 Å². The Bertz CT molecular complexity index is 521. The van der Waals surface area contributed by atoms with Crippen LogP contribution in [0, 0.1) is 5.82 Å². The Kier molecular flexibility index (Phi) is 5.14. The van der Waals surface area contributed by atoms with Crippen LogP contribution in [0.3, 0.4) is 0 Å². The fourth-order valence-electron chi connectivity index (χ4n) is 2.23. The van der Waals surface area contributed by atoms with Crippen LogP contribution in [0.2, 0.25) is 0 Å². The highest BCUT2D eigenvalue weighted by molar-refractivity contribution is 6.35. The number of ether oxygens (including phenoxy) is 1. The number of para-hydroxylation sites is 1. The molecule has 0 unspecified atom stereocenters. The van der Waals surface area contributed by atoms with Crippen LogP contribution in [0.4, 0.5) is 4.39 Å². The first-order valence-electron chi connectivity index (χ1n) is 7.09. The zero-order chi connectivity index (χ0) is 15.2. The van der Waals surface area contributed by atoms with E-state index in [1.54, 1.807) is 18.2 Å². The molecule has 1 aliphatic rings. The SMILES string of the molecule is CCN1CCN(CCCOc2ccccc2F)C(=O)C1=O. The van der Waals surface area contributed by atoms with E-state index in [1.807, 2.05) is 6.92 Å². The van der Waals surface area contributed by atoms with Gasteiger partial charge in [-0.1, -0.05) is 12.1 Å². The van der Waals surface area contributed by atoms with Crippen molar-refractivity contribution in [2.24, 2.45) is 0 Å². The molecule has 1 heterocycles. The summed E-state index contributed by atoms with van der Waals surface area (Å²) in [7, 11) is 0. The molecule has 21 heavy (non-hydrogen) atoms. The fourth-order valence-corrected chi connectivity index (χ4v) is 2.23. The van der Waals surface area contributed by atoms with Crippen molar-refractivity contribution in [2.45, 2.75) is 13.3 Å². The maximum absolute atomic E-state index is 13.3. The third kappa shape index (κ3) is 3.71. The number of halogens is 1. The van der Waals surface area contributed by atoms with Gasteiger partial charge < -0.3 is 14.5 Å². The lowest BCUT2D eigenvalue weighted by molar-refractivity contribution is -0.155. The van der Waals surface area contributed by atoms with Crippen molar-refractivity contribution in [1.29, 1.82) is 0 Å². The summed E-state index contributed by atoms with van der Waals surface area (Å²) in [5.74, 6) is -1.11. The molecule has 0 saturated carbocycles. The number of hydrogen-bond acceptors (Lipinski definition) is 3. The minimum Gasteiger partial charge on any atom is -0.490 e. The zero-order valence-corrected chi connectivity index (χ0v) is 12.0. The van der Waals surface area contributed by atoms with Gasteiger partial charge >= 0.3 is 11.8 Å². The van der Waals surface area contributed by atoms with Gasteiger partial charge in [0.1, 0.15) is 0 Å². The van der Waals surface area contributed by atoms with Crippen molar-refractivity contribution in [2.75, 3.05) is 32.8 Å². The first kappa shape index (κ1) is 15.3. The van der Waals surface area contributed by atoms with E-state index in [0.717, 1.165) is 0 Å². The molecule has 0 spiro atoms. The van der Waals surface area contributed by atoms with E-state index in [1.165, 1.54) is 15.9 Å². The molecule has 6 heteroatoms. The molecule has 2 rings (SSSR count). The predicted molar refractivity (Wildman–Crippen MR) is 75.3 cm³/mol. The number of carbonyl (C=O) groups is 2. The van der Waals surface area contributed by atoms with Crippen LogP contribution in [0.15, 0.2) is 24.3 Å². The average molecular weight is 294 g/mol. The standard InChI is InChI=1S/C15H19FN2O3/c1-2-17-9-10-18(15(20)14(17)19)8-5-11-21-13-7-4-3-6-12(13)16/h3-4,6-7H,2,5,8-11H2,1H3. The first-order chi connectivity index (χ1) is 10.1. The van der Waals surface area contributed by atoms with Crippen LogP contribution in [-0.2, 0) is 9.59 Å². The van der Waals surface area contributed by atoms with Gasteiger partial charge in [0.2, 0.25) is 0 Å². The minimum atomic E-state index is -0.464. The number of carbonyl (C=O) groups excluding carboxylic acids is 2. The molecular formula is C15H19FN2O3. The highest BCUT2D eigenvalue weighted by atomic mass is 19.1. The third-order valence-corrected chi connectivity index (χ3v) is 3.45. The van der Waals surface area contributed by atoms with E-state index in [-0.39, 0.29) is 5.75 Å². The van der Waals surface area contributed by atoms with E-state index >= 15 is 0 Å². The van der Waals surface area contributed by atoms with Crippen molar-refractivity contribution < 1.29 is 18.7 Å². The fraction of sp³-hybridized carbons (Fsp3) is 0.467. The van der Waals surface area contributed by atoms with Gasteiger partial charge in [0.15, 0.2) is 11.6 Å². The summed E-state index contributed by atoms with van der Waals surface area (Å²) >= 11 is 0. The van der Waals surface area contributed by atoms with Crippen LogP contribution < -0.4 is 4.74 Å². The molecule has 0 radical (unpaired) electrons. The van der Waals surface area contributed by atoms with Gasteiger partial charge in [0.05, 0.1) is 6.61 Å². The maximum Gasteiger partial charge on any atom is 0.312 e. The Morgan fingerprint density at radius 3 is 2.52 bits per heavy atom. The second-order valence-electron chi connectivity index (χ2n) is 4.81. The molecule has 1 fully saturated rings. The summed E-state index contributed by atoms with van der Waals surface area (Å²) in [5.41, 5.74) is 0. The van der Waals surface area contributed by atoms with E-state index in [2.05, 4.69) is 0 Å². The Morgan fingerprint density at radius 2 is 1.81 bits per heavy atom. The molecule has 114 valence electrons. The minimum absolute atomic E-state index is 0.204. The summed E-state index contributed by atoms with van der Waals surface area (Å²) in [6.45, 7) is 4.25. The molecule has 1 aromatic rings. The second-order valence-corrected chi connectivity index (χ2v) is 4.81. The van der Waals surface area contributed by atoms with Crippen LogP contribution in [0.1, 0.15) is 13.3 Å². The molecular weight excluding hydrogens is 275 g/mol. The van der Waals surface area contributed by atoms with E-state index in [0.29, 0.717) is 39.2 Å². The predicted octanol–water partition coefficient (Wildman–Crippen LogP) is 1.29. The van der Waals surface area contributed by atoms with Crippen LogP contribution in [0.5, 0.6) is 5.75 Å². The Balaban J connectivity index is 1.75. The van der Waals surface area contributed by atoms with Gasteiger partial charge in [-0.2, -0.15) is 0 Å². The lowest BCUT2D eigenvalue weighted by Gasteiger charge is -2.33. The Morgan fingerprint density at radius 1 is 1.14 bits per heavy atom. The van der Waals surface area contributed by atoms with Crippen molar-refractivity contribution in [3.05, 3.63) is 30.1 Å².